The number of carbonyl (C=O) groups excluding carboxylic acids is 1. The maximum absolute atomic E-state index is 10.6. The molecule has 176 valence electrons. The lowest BCUT2D eigenvalue weighted by molar-refractivity contribution is -0.155. The van der Waals surface area contributed by atoms with E-state index in [9.17, 15) is 4.79 Å². The molecule has 3 nitrogen and oxygen atoms in total. The molecule has 0 aromatic heterocycles. The summed E-state index contributed by atoms with van der Waals surface area (Å²) in [6.07, 6.45) is 12.0. The first-order valence-corrected chi connectivity index (χ1v) is 12.6. The number of aliphatic hydroxyl groups excluding tert-OH is 1. The van der Waals surface area contributed by atoms with Gasteiger partial charge in [0, 0.05) is 6.92 Å². The molecule has 0 heterocycles. The zero-order chi connectivity index (χ0) is 23.0. The van der Waals surface area contributed by atoms with Gasteiger partial charge >= 0.3 is 5.97 Å². The molecule has 3 fully saturated rings. The van der Waals surface area contributed by atoms with E-state index in [4.69, 9.17) is 9.84 Å². The van der Waals surface area contributed by atoms with Gasteiger partial charge < -0.3 is 9.84 Å². The fourth-order valence-electron chi connectivity index (χ4n) is 4.76. The van der Waals surface area contributed by atoms with E-state index in [1.807, 2.05) is 55.4 Å². The summed E-state index contributed by atoms with van der Waals surface area (Å²) in [5, 5.41) is 8.36. The molecule has 0 aromatic carbocycles. The van der Waals surface area contributed by atoms with Gasteiger partial charge in [-0.2, -0.15) is 0 Å². The molecule has 5 unspecified atom stereocenters. The van der Waals surface area contributed by atoms with Gasteiger partial charge in [-0.15, -0.1) is 0 Å². The maximum Gasteiger partial charge on any atom is 0.303 e. The van der Waals surface area contributed by atoms with Crippen molar-refractivity contribution < 1.29 is 14.6 Å². The predicted octanol–water partition coefficient (Wildman–Crippen LogP) is 7.79. The van der Waals surface area contributed by atoms with Gasteiger partial charge in [0.15, 0.2) is 0 Å². The number of hydrogen-bond donors (Lipinski definition) is 1. The fraction of sp³-hybridized carbons (Fsp3) is 0.962. The zero-order valence-corrected chi connectivity index (χ0v) is 21.5. The highest BCUT2D eigenvalue weighted by Gasteiger charge is 2.48. The Morgan fingerprint density at radius 2 is 1.34 bits per heavy atom. The minimum absolute atomic E-state index is 0.116. The number of fused-ring (bicyclic) bond motifs is 5. The van der Waals surface area contributed by atoms with Crippen molar-refractivity contribution in [3.63, 3.8) is 0 Å². The van der Waals surface area contributed by atoms with Crippen molar-refractivity contribution in [2.75, 3.05) is 0 Å². The van der Waals surface area contributed by atoms with Crippen LogP contribution in [0.2, 0.25) is 0 Å². The van der Waals surface area contributed by atoms with Gasteiger partial charge in [-0.1, -0.05) is 54.9 Å². The lowest BCUT2D eigenvalue weighted by atomic mass is 9.82. The molecular formula is C26H54O3. The van der Waals surface area contributed by atoms with Gasteiger partial charge in [-0.25, -0.2) is 0 Å². The summed E-state index contributed by atoms with van der Waals surface area (Å²) >= 11 is 0. The Labute approximate surface area is 183 Å². The van der Waals surface area contributed by atoms with Crippen molar-refractivity contribution in [3.8, 4) is 0 Å². The van der Waals surface area contributed by atoms with E-state index < -0.39 is 0 Å². The summed E-state index contributed by atoms with van der Waals surface area (Å²) in [6.45, 7) is 19.2. The Kier molecular flexibility index (Phi) is 18.1. The van der Waals surface area contributed by atoms with Crippen molar-refractivity contribution >= 4 is 5.97 Å². The molecule has 0 aliphatic heterocycles. The quantitative estimate of drug-likeness (QED) is 0.477. The average molecular weight is 415 g/mol. The number of esters is 1. The lowest BCUT2D eigenvalue weighted by Crippen LogP contribution is -2.28. The largest absolute Gasteiger partial charge is 0.460 e. The smallest absolute Gasteiger partial charge is 0.303 e. The molecule has 3 heteroatoms. The minimum Gasteiger partial charge on any atom is -0.460 e. The molecule has 0 spiro atoms. The fourth-order valence-corrected chi connectivity index (χ4v) is 4.76. The van der Waals surface area contributed by atoms with E-state index in [1.165, 1.54) is 30.6 Å². The van der Waals surface area contributed by atoms with Crippen LogP contribution in [0.15, 0.2) is 0 Å². The Bertz CT molecular complexity index is 371. The van der Waals surface area contributed by atoms with Gasteiger partial charge in [0.2, 0.25) is 0 Å². The van der Waals surface area contributed by atoms with E-state index in [2.05, 4.69) is 0 Å². The number of rotatable bonds is 4. The highest BCUT2D eigenvalue weighted by molar-refractivity contribution is 5.66. The molecule has 3 aliphatic rings. The summed E-state index contributed by atoms with van der Waals surface area (Å²) in [7, 11) is 0. The molecule has 1 N–H and O–H groups in total. The van der Waals surface area contributed by atoms with Crippen LogP contribution in [0.3, 0.4) is 0 Å². The highest BCUT2D eigenvalue weighted by atomic mass is 16.6. The topological polar surface area (TPSA) is 46.5 Å². The van der Waals surface area contributed by atoms with Crippen LogP contribution >= 0.6 is 0 Å². The van der Waals surface area contributed by atoms with Gasteiger partial charge in [0.25, 0.3) is 0 Å². The van der Waals surface area contributed by atoms with Crippen LogP contribution < -0.4 is 0 Å². The van der Waals surface area contributed by atoms with E-state index in [-0.39, 0.29) is 17.7 Å². The third-order valence-corrected chi connectivity index (χ3v) is 6.83. The second kappa shape index (κ2) is 17.1. The van der Waals surface area contributed by atoms with Crippen LogP contribution in [0.4, 0.5) is 0 Å². The van der Waals surface area contributed by atoms with Gasteiger partial charge in [-0.05, 0) is 88.9 Å². The van der Waals surface area contributed by atoms with Crippen LogP contribution in [-0.2, 0) is 9.53 Å². The number of ether oxygens (including phenoxy) is 1. The molecule has 2 bridgehead atoms. The number of hydrogen-bond acceptors (Lipinski definition) is 3. The second-order valence-corrected chi connectivity index (χ2v) is 8.60. The van der Waals surface area contributed by atoms with Crippen LogP contribution in [0.25, 0.3) is 0 Å². The van der Waals surface area contributed by atoms with Crippen molar-refractivity contribution in [2.24, 2.45) is 23.7 Å². The molecule has 0 saturated heterocycles. The normalized spacial score (nSPS) is 26.7. The Morgan fingerprint density at radius 1 is 0.966 bits per heavy atom. The van der Waals surface area contributed by atoms with Crippen molar-refractivity contribution in [1.29, 1.82) is 0 Å². The van der Waals surface area contributed by atoms with Crippen LogP contribution in [0.1, 0.15) is 127 Å². The van der Waals surface area contributed by atoms with Gasteiger partial charge in [-0.3, -0.25) is 4.79 Å². The SMILES string of the molecule is C1CC2C3CCC(C3)C2C1.CC.CC.CCC(C)(CC)OC(C)=O.CCC(C)O. The lowest BCUT2D eigenvalue weighted by Gasteiger charge is -2.25. The van der Waals surface area contributed by atoms with Crippen molar-refractivity contribution in [3.05, 3.63) is 0 Å². The maximum atomic E-state index is 10.6. The van der Waals surface area contributed by atoms with Gasteiger partial charge in [0.1, 0.15) is 5.60 Å². The van der Waals surface area contributed by atoms with E-state index >= 15 is 0 Å². The third-order valence-electron chi connectivity index (χ3n) is 6.83. The highest BCUT2D eigenvalue weighted by Crippen LogP contribution is 2.58. The zero-order valence-electron chi connectivity index (χ0n) is 21.5. The molecule has 3 saturated carbocycles. The van der Waals surface area contributed by atoms with Crippen molar-refractivity contribution in [2.45, 2.75) is 139 Å². The second-order valence-electron chi connectivity index (χ2n) is 8.60. The molecule has 0 amide bonds. The molecule has 5 atom stereocenters. The summed E-state index contributed by atoms with van der Waals surface area (Å²) in [6, 6.07) is 0. The molecule has 3 rings (SSSR count). The summed E-state index contributed by atoms with van der Waals surface area (Å²) in [4.78, 5) is 10.6. The predicted molar refractivity (Wildman–Crippen MR) is 127 cm³/mol. The first kappa shape index (κ1) is 30.6. The standard InChI is InChI=1S/C10H16.C8H16O2.C4H10O.2C2H6/c1-2-9-7-4-5-8(6-7)10(9)3-1;1-5-8(4,6-2)10-7(3)9;1-3-4(2)5;2*1-2/h7-10H,1-6H2;5-6H2,1-4H3;4-5H,3H2,1-2H3;2*1-2H3. The molecule has 0 radical (unpaired) electrons. The van der Waals surface area contributed by atoms with E-state index in [0.717, 1.165) is 19.3 Å². The van der Waals surface area contributed by atoms with Crippen LogP contribution in [0.5, 0.6) is 0 Å². The molecule has 3 aliphatic carbocycles. The molecule has 0 aromatic rings. The molecular weight excluding hydrogens is 360 g/mol. The number of carbonyl (C=O) groups is 1. The summed E-state index contributed by atoms with van der Waals surface area (Å²) in [5.74, 6) is 4.61. The van der Waals surface area contributed by atoms with Crippen LogP contribution in [-0.4, -0.2) is 22.8 Å². The van der Waals surface area contributed by atoms with E-state index in [0.29, 0.717) is 0 Å². The monoisotopic (exact) mass is 414 g/mol. The Balaban J connectivity index is 0. The molecule has 29 heavy (non-hydrogen) atoms. The van der Waals surface area contributed by atoms with Crippen LogP contribution in [0, 0.1) is 23.7 Å². The first-order valence-electron chi connectivity index (χ1n) is 12.6. The van der Waals surface area contributed by atoms with Gasteiger partial charge in [0.05, 0.1) is 6.10 Å². The summed E-state index contributed by atoms with van der Waals surface area (Å²) < 4.78 is 5.10. The Morgan fingerprint density at radius 3 is 1.59 bits per heavy atom. The third kappa shape index (κ3) is 11.4. The number of aliphatic hydroxyl groups is 1. The average Bonchev–Trinajstić information content (AvgIpc) is 3.46. The Hall–Kier alpha value is -0.570. The van der Waals surface area contributed by atoms with E-state index in [1.54, 1.807) is 45.4 Å². The summed E-state index contributed by atoms with van der Waals surface area (Å²) in [5.41, 5.74) is -0.244. The first-order chi connectivity index (χ1) is 13.8. The van der Waals surface area contributed by atoms with Crippen molar-refractivity contribution in [1.82, 2.24) is 0 Å². The minimum atomic E-state index is -0.244.